The minimum Gasteiger partial charge on any atom is -0.478 e. The van der Waals surface area contributed by atoms with Crippen LogP contribution in [0, 0.1) is 11.3 Å². The summed E-state index contributed by atoms with van der Waals surface area (Å²) in [5, 5.41) is 17.9. The summed E-state index contributed by atoms with van der Waals surface area (Å²) in [6.45, 7) is 1.72. The minimum atomic E-state index is -3.65. The maximum Gasteiger partial charge on any atom is 0.328 e. The highest BCUT2D eigenvalue weighted by atomic mass is 32.2. The van der Waals surface area contributed by atoms with Gasteiger partial charge >= 0.3 is 5.97 Å². The highest BCUT2D eigenvalue weighted by molar-refractivity contribution is 7.90. The van der Waals surface area contributed by atoms with E-state index in [0.717, 1.165) is 11.0 Å². The molecule has 0 aliphatic carbocycles. The van der Waals surface area contributed by atoms with Gasteiger partial charge in [0.25, 0.3) is 0 Å². The normalized spacial score (nSPS) is 13.2. The first-order chi connectivity index (χ1) is 9.39. The van der Waals surface area contributed by atoms with Crippen LogP contribution in [0.25, 0.3) is 6.08 Å². The van der Waals surface area contributed by atoms with Crippen molar-refractivity contribution in [2.75, 3.05) is 0 Å². The zero-order chi connectivity index (χ0) is 15.2. The molecule has 1 aromatic rings. The summed E-state index contributed by atoms with van der Waals surface area (Å²) in [5.41, 5.74) is 0.693. The second-order valence-corrected chi connectivity index (χ2v) is 6.85. The van der Waals surface area contributed by atoms with Crippen LogP contribution in [-0.2, 0) is 21.4 Å². The van der Waals surface area contributed by atoms with Crippen molar-refractivity contribution >= 4 is 33.4 Å². The van der Waals surface area contributed by atoms with E-state index in [1.165, 1.54) is 17.4 Å². The molecule has 20 heavy (non-hydrogen) atoms. The lowest BCUT2D eigenvalue weighted by Gasteiger charge is -2.08. The molecule has 1 atom stereocenters. The molecule has 0 fully saturated rings. The molecular formula is C12H14N2O4S2. The molecule has 108 valence electrons. The number of nitrogens with zero attached hydrogens (tertiary/aromatic N) is 1. The van der Waals surface area contributed by atoms with Crippen LogP contribution in [0.5, 0.6) is 0 Å². The molecule has 0 radical (unpaired) electrons. The van der Waals surface area contributed by atoms with Gasteiger partial charge in [0.05, 0.1) is 6.07 Å². The summed E-state index contributed by atoms with van der Waals surface area (Å²) in [7, 11) is -3.65. The Balaban J connectivity index is 2.68. The van der Waals surface area contributed by atoms with E-state index in [4.69, 9.17) is 10.4 Å². The largest absolute Gasteiger partial charge is 0.478 e. The first kappa shape index (κ1) is 16.4. The van der Waals surface area contributed by atoms with Crippen LogP contribution >= 0.6 is 11.3 Å². The quantitative estimate of drug-likeness (QED) is 0.743. The average molecular weight is 314 g/mol. The number of nitrogens with one attached hydrogen (secondary N) is 1. The lowest BCUT2D eigenvalue weighted by molar-refractivity contribution is -0.131. The lowest BCUT2D eigenvalue weighted by Crippen LogP contribution is -2.32. The number of sulfonamides is 1. The maximum atomic E-state index is 11.8. The van der Waals surface area contributed by atoms with Gasteiger partial charge in [0.2, 0.25) is 10.0 Å². The molecule has 2 N–H and O–H groups in total. The van der Waals surface area contributed by atoms with Gasteiger partial charge in [-0.05, 0) is 29.5 Å². The third kappa shape index (κ3) is 4.77. The predicted molar refractivity (Wildman–Crippen MR) is 76.4 cm³/mol. The van der Waals surface area contributed by atoms with E-state index in [1.54, 1.807) is 24.4 Å². The number of nitriles is 1. The van der Waals surface area contributed by atoms with Crippen LogP contribution in [-0.4, -0.2) is 24.7 Å². The highest BCUT2D eigenvalue weighted by Gasteiger charge is 2.22. The maximum absolute atomic E-state index is 11.8. The Bertz CT molecular complexity index is 641. The van der Waals surface area contributed by atoms with Crippen LogP contribution in [0.2, 0.25) is 0 Å². The molecule has 0 saturated carbocycles. The standard InChI is InChI=1S/C12H14N2O4S2/c1-2-11(6-13)20(17,18)14-7-10-5-9(8-19-10)3-4-12(15)16/h3-5,8,11,14H,2,7H2,1H3,(H,15,16). The Hall–Kier alpha value is -1.69. The molecule has 0 amide bonds. The van der Waals surface area contributed by atoms with Crippen LogP contribution in [0.15, 0.2) is 17.5 Å². The van der Waals surface area contributed by atoms with E-state index in [1.807, 2.05) is 0 Å². The Morgan fingerprint density at radius 2 is 2.35 bits per heavy atom. The monoisotopic (exact) mass is 314 g/mol. The summed E-state index contributed by atoms with van der Waals surface area (Å²) in [6.07, 6.45) is 2.67. The summed E-state index contributed by atoms with van der Waals surface area (Å²) >= 11 is 1.31. The number of aliphatic carboxylic acids is 1. The predicted octanol–water partition coefficient (Wildman–Crippen LogP) is 1.57. The second kappa shape index (κ2) is 7.19. The van der Waals surface area contributed by atoms with E-state index in [9.17, 15) is 13.2 Å². The van der Waals surface area contributed by atoms with Gasteiger partial charge in [-0.2, -0.15) is 5.26 Å². The molecule has 0 aliphatic rings. The van der Waals surface area contributed by atoms with Gasteiger partial charge in [0.1, 0.15) is 0 Å². The van der Waals surface area contributed by atoms with Gasteiger partial charge in [-0.25, -0.2) is 17.9 Å². The van der Waals surface area contributed by atoms with E-state index in [-0.39, 0.29) is 13.0 Å². The van der Waals surface area contributed by atoms with Crippen molar-refractivity contribution in [2.24, 2.45) is 0 Å². The SMILES string of the molecule is CCC(C#N)S(=O)(=O)NCc1cc(C=CC(=O)O)cs1. The molecule has 0 bridgehead atoms. The Morgan fingerprint density at radius 3 is 2.90 bits per heavy atom. The fourth-order valence-electron chi connectivity index (χ4n) is 1.40. The summed E-state index contributed by atoms with van der Waals surface area (Å²) in [4.78, 5) is 11.1. The molecule has 1 rings (SSSR count). The van der Waals surface area contributed by atoms with Crippen LogP contribution < -0.4 is 4.72 Å². The second-order valence-electron chi connectivity index (χ2n) is 3.91. The molecular weight excluding hydrogens is 300 g/mol. The van der Waals surface area contributed by atoms with Crippen molar-refractivity contribution < 1.29 is 18.3 Å². The first-order valence-corrected chi connectivity index (χ1v) is 8.18. The number of hydrogen-bond donors (Lipinski definition) is 2. The zero-order valence-electron chi connectivity index (χ0n) is 10.7. The molecule has 1 heterocycles. The molecule has 0 aromatic carbocycles. The van der Waals surface area contributed by atoms with E-state index in [0.29, 0.717) is 5.56 Å². The minimum absolute atomic E-state index is 0.0894. The molecule has 6 nitrogen and oxygen atoms in total. The van der Waals surface area contributed by atoms with Crippen molar-refractivity contribution in [1.29, 1.82) is 5.26 Å². The molecule has 1 aromatic heterocycles. The number of hydrogen-bond acceptors (Lipinski definition) is 5. The van der Waals surface area contributed by atoms with Crippen LogP contribution in [0.3, 0.4) is 0 Å². The smallest absolute Gasteiger partial charge is 0.328 e. The van der Waals surface area contributed by atoms with E-state index >= 15 is 0 Å². The number of carboxylic acids is 1. The Labute approximate surface area is 121 Å². The summed E-state index contributed by atoms with van der Waals surface area (Å²) in [5.74, 6) is -1.04. The molecule has 8 heteroatoms. The van der Waals surface area contributed by atoms with Crippen molar-refractivity contribution in [3.63, 3.8) is 0 Å². The Kier molecular flexibility index (Phi) is 5.88. The molecule has 0 aliphatic heterocycles. The van der Waals surface area contributed by atoms with Crippen LogP contribution in [0.1, 0.15) is 23.8 Å². The highest BCUT2D eigenvalue weighted by Crippen LogP contribution is 2.16. The van der Waals surface area contributed by atoms with Gasteiger partial charge in [-0.3, -0.25) is 0 Å². The summed E-state index contributed by atoms with van der Waals surface area (Å²) in [6, 6.07) is 3.44. The van der Waals surface area contributed by atoms with Crippen LogP contribution in [0.4, 0.5) is 0 Å². The van der Waals surface area contributed by atoms with Gasteiger partial charge < -0.3 is 5.11 Å². The first-order valence-electron chi connectivity index (χ1n) is 5.75. The molecule has 1 unspecified atom stereocenters. The third-order valence-electron chi connectivity index (χ3n) is 2.43. The van der Waals surface area contributed by atoms with Gasteiger partial charge in [0.15, 0.2) is 5.25 Å². The van der Waals surface area contributed by atoms with E-state index < -0.39 is 21.2 Å². The number of carboxylic acid groups (broad SMARTS) is 1. The lowest BCUT2D eigenvalue weighted by atomic mass is 10.3. The number of rotatable bonds is 7. The average Bonchev–Trinajstić information content (AvgIpc) is 2.83. The Morgan fingerprint density at radius 1 is 1.65 bits per heavy atom. The topological polar surface area (TPSA) is 107 Å². The number of carbonyl (C=O) groups is 1. The fourth-order valence-corrected chi connectivity index (χ4v) is 3.42. The van der Waals surface area contributed by atoms with Gasteiger partial charge in [0, 0.05) is 17.5 Å². The van der Waals surface area contributed by atoms with Crippen molar-refractivity contribution in [1.82, 2.24) is 4.72 Å². The van der Waals surface area contributed by atoms with Gasteiger partial charge in [-0.1, -0.05) is 6.92 Å². The summed E-state index contributed by atoms with van der Waals surface area (Å²) < 4.78 is 25.9. The van der Waals surface area contributed by atoms with Crippen molar-refractivity contribution in [2.45, 2.75) is 25.1 Å². The van der Waals surface area contributed by atoms with E-state index in [2.05, 4.69) is 4.72 Å². The fraction of sp³-hybridized carbons (Fsp3) is 0.333. The molecule has 0 spiro atoms. The number of thiophene rings is 1. The zero-order valence-corrected chi connectivity index (χ0v) is 12.4. The van der Waals surface area contributed by atoms with Gasteiger partial charge in [-0.15, -0.1) is 11.3 Å². The van der Waals surface area contributed by atoms with Crippen molar-refractivity contribution in [3.05, 3.63) is 28.0 Å². The van der Waals surface area contributed by atoms with Crippen molar-refractivity contribution in [3.8, 4) is 6.07 Å². The third-order valence-corrected chi connectivity index (χ3v) is 5.12. The molecule has 0 saturated heterocycles.